The van der Waals surface area contributed by atoms with Gasteiger partial charge in [0.05, 0.1) is 13.2 Å². The van der Waals surface area contributed by atoms with E-state index in [0.717, 1.165) is 37.4 Å². The third-order valence-electron chi connectivity index (χ3n) is 5.89. The predicted molar refractivity (Wildman–Crippen MR) is 131 cm³/mol. The maximum absolute atomic E-state index is 12.7. The molecule has 172 valence electrons. The Morgan fingerprint density at radius 2 is 1.58 bits per heavy atom. The molecule has 1 aliphatic heterocycles. The first-order valence-electron chi connectivity index (χ1n) is 11.7. The maximum atomic E-state index is 12.7. The number of hydrogen-bond acceptors (Lipinski definition) is 4. The van der Waals surface area contributed by atoms with E-state index >= 15 is 0 Å². The van der Waals surface area contributed by atoms with Crippen LogP contribution in [0.15, 0.2) is 66.7 Å². The summed E-state index contributed by atoms with van der Waals surface area (Å²) in [6.45, 7) is 8.39. The van der Waals surface area contributed by atoms with Gasteiger partial charge in [-0.15, -0.1) is 0 Å². The largest absolute Gasteiger partial charge is 0.490 e. The predicted octanol–water partition coefficient (Wildman–Crippen LogP) is 4.97. The van der Waals surface area contributed by atoms with Gasteiger partial charge in [0.25, 0.3) is 5.91 Å². The Balaban J connectivity index is 1.32. The van der Waals surface area contributed by atoms with Crippen molar-refractivity contribution >= 4 is 5.91 Å². The lowest BCUT2D eigenvalue weighted by atomic mass is 9.99. The van der Waals surface area contributed by atoms with Crippen LogP contribution in [0.25, 0.3) is 0 Å². The number of hydrogen-bond donors (Lipinski definition) is 1. The Bertz CT molecular complexity index is 1080. The molecule has 5 heteroatoms. The Kier molecular flexibility index (Phi) is 7.63. The Labute approximate surface area is 196 Å². The van der Waals surface area contributed by atoms with Crippen molar-refractivity contribution in [2.75, 3.05) is 19.8 Å². The fourth-order valence-corrected chi connectivity index (χ4v) is 4.20. The van der Waals surface area contributed by atoms with Gasteiger partial charge in [0.2, 0.25) is 0 Å². The highest BCUT2D eigenvalue weighted by Gasteiger charge is 2.16. The molecule has 1 heterocycles. The topological polar surface area (TPSA) is 50.8 Å². The van der Waals surface area contributed by atoms with Crippen LogP contribution in [-0.2, 0) is 26.1 Å². The molecule has 1 amide bonds. The molecule has 0 atom stereocenters. The van der Waals surface area contributed by atoms with Crippen molar-refractivity contribution in [3.05, 3.63) is 94.5 Å². The van der Waals surface area contributed by atoms with Crippen molar-refractivity contribution < 1.29 is 14.3 Å². The summed E-state index contributed by atoms with van der Waals surface area (Å²) in [5.74, 6) is 1.35. The van der Waals surface area contributed by atoms with Gasteiger partial charge in [0.1, 0.15) is 0 Å². The van der Waals surface area contributed by atoms with Gasteiger partial charge in [-0.2, -0.15) is 0 Å². The van der Waals surface area contributed by atoms with Gasteiger partial charge in [-0.05, 0) is 66.8 Å². The highest BCUT2D eigenvalue weighted by Crippen LogP contribution is 2.28. The van der Waals surface area contributed by atoms with Crippen molar-refractivity contribution in [2.24, 2.45) is 0 Å². The maximum Gasteiger partial charge on any atom is 0.251 e. The van der Waals surface area contributed by atoms with E-state index in [1.54, 1.807) is 0 Å². The van der Waals surface area contributed by atoms with E-state index in [9.17, 15) is 4.79 Å². The van der Waals surface area contributed by atoms with Crippen LogP contribution < -0.4 is 14.8 Å². The Hall–Kier alpha value is -3.31. The first-order valence-corrected chi connectivity index (χ1v) is 11.7. The number of ether oxygens (including phenoxy) is 2. The highest BCUT2D eigenvalue weighted by atomic mass is 16.5. The Morgan fingerprint density at radius 3 is 2.33 bits per heavy atom. The molecule has 5 nitrogen and oxygen atoms in total. The second-order valence-corrected chi connectivity index (χ2v) is 8.26. The summed E-state index contributed by atoms with van der Waals surface area (Å²) in [7, 11) is 0. The number of nitrogens with one attached hydrogen (secondary N) is 1. The third kappa shape index (κ3) is 5.93. The molecular weight excluding hydrogens is 412 g/mol. The third-order valence-corrected chi connectivity index (χ3v) is 5.89. The second kappa shape index (κ2) is 11.0. The Morgan fingerprint density at radius 1 is 0.879 bits per heavy atom. The smallest absolute Gasteiger partial charge is 0.251 e. The lowest BCUT2D eigenvalue weighted by Gasteiger charge is -2.28. The van der Waals surface area contributed by atoms with Crippen molar-refractivity contribution in [2.45, 2.75) is 39.9 Å². The summed E-state index contributed by atoms with van der Waals surface area (Å²) in [5, 5.41) is 3.00. The summed E-state index contributed by atoms with van der Waals surface area (Å²) >= 11 is 0. The van der Waals surface area contributed by atoms with Gasteiger partial charge in [-0.25, -0.2) is 0 Å². The molecule has 0 fully saturated rings. The van der Waals surface area contributed by atoms with Gasteiger partial charge in [0, 0.05) is 31.7 Å². The summed E-state index contributed by atoms with van der Waals surface area (Å²) in [6.07, 6.45) is 1.09. The second-order valence-electron chi connectivity index (χ2n) is 8.26. The summed E-state index contributed by atoms with van der Waals surface area (Å²) in [6, 6.07) is 22.4. The standard InChI is InChI=1S/C28H32N2O3/c1-3-32-26-14-11-22(17-27(26)33-4-2)18-29-28(31)24-12-9-21(10-13-24)19-30-16-15-23-7-5-6-8-25(23)20-30/h5-14,17H,3-4,15-16,18-20H2,1-2H3,(H,29,31). The summed E-state index contributed by atoms with van der Waals surface area (Å²) in [5.41, 5.74) is 5.73. The van der Waals surface area contributed by atoms with Crippen molar-refractivity contribution in [3.63, 3.8) is 0 Å². The lowest BCUT2D eigenvalue weighted by molar-refractivity contribution is 0.0951. The first-order chi connectivity index (χ1) is 16.2. The number of nitrogens with zero attached hydrogens (tertiary/aromatic N) is 1. The molecule has 3 aromatic rings. The number of fused-ring (bicyclic) bond motifs is 1. The zero-order valence-corrected chi connectivity index (χ0v) is 19.5. The number of carbonyl (C=O) groups excluding carboxylic acids is 1. The van der Waals surface area contributed by atoms with Gasteiger partial charge in [-0.1, -0.05) is 42.5 Å². The average Bonchev–Trinajstić information content (AvgIpc) is 2.84. The van der Waals surface area contributed by atoms with Crippen LogP contribution in [0.4, 0.5) is 0 Å². The lowest BCUT2D eigenvalue weighted by Crippen LogP contribution is -2.30. The van der Waals surface area contributed by atoms with Crippen molar-refractivity contribution in [1.82, 2.24) is 10.2 Å². The number of rotatable bonds is 9. The van der Waals surface area contributed by atoms with E-state index in [1.165, 1.54) is 16.7 Å². The molecule has 0 aromatic heterocycles. The molecule has 0 radical (unpaired) electrons. The molecule has 0 saturated heterocycles. The van der Waals surface area contributed by atoms with E-state index in [4.69, 9.17) is 9.47 Å². The monoisotopic (exact) mass is 444 g/mol. The fourth-order valence-electron chi connectivity index (χ4n) is 4.20. The number of carbonyl (C=O) groups is 1. The quantitative estimate of drug-likeness (QED) is 0.506. The molecule has 33 heavy (non-hydrogen) atoms. The van der Waals surface area contributed by atoms with Gasteiger partial charge >= 0.3 is 0 Å². The zero-order valence-electron chi connectivity index (χ0n) is 19.5. The molecule has 1 aliphatic rings. The van der Waals surface area contributed by atoms with Crippen LogP contribution >= 0.6 is 0 Å². The molecule has 0 aliphatic carbocycles. The fraction of sp³-hybridized carbons (Fsp3) is 0.321. The van der Waals surface area contributed by atoms with Gasteiger partial charge in [-0.3, -0.25) is 9.69 Å². The molecule has 0 unspecified atom stereocenters. The summed E-state index contributed by atoms with van der Waals surface area (Å²) in [4.78, 5) is 15.1. The molecule has 3 aromatic carbocycles. The minimum absolute atomic E-state index is 0.0831. The molecule has 4 rings (SSSR count). The van der Waals surface area contributed by atoms with E-state index in [-0.39, 0.29) is 5.91 Å². The van der Waals surface area contributed by atoms with Gasteiger partial charge in [0.15, 0.2) is 11.5 Å². The first kappa shape index (κ1) is 22.9. The SMILES string of the molecule is CCOc1ccc(CNC(=O)c2ccc(CN3CCc4ccccc4C3)cc2)cc1OCC. The van der Waals surface area contributed by atoms with Crippen LogP contribution in [0.2, 0.25) is 0 Å². The van der Waals surface area contributed by atoms with Crippen LogP contribution in [0.3, 0.4) is 0 Å². The molecule has 1 N–H and O–H groups in total. The van der Waals surface area contributed by atoms with Crippen LogP contribution in [-0.4, -0.2) is 30.6 Å². The molecule has 0 bridgehead atoms. The highest BCUT2D eigenvalue weighted by molar-refractivity contribution is 5.94. The molecular formula is C28H32N2O3. The van der Waals surface area contributed by atoms with E-state index in [1.807, 2.05) is 44.2 Å². The van der Waals surface area contributed by atoms with E-state index < -0.39 is 0 Å². The minimum atomic E-state index is -0.0831. The number of amides is 1. The van der Waals surface area contributed by atoms with E-state index in [0.29, 0.717) is 31.1 Å². The van der Waals surface area contributed by atoms with Crippen LogP contribution in [0.5, 0.6) is 11.5 Å². The number of benzene rings is 3. The van der Waals surface area contributed by atoms with Crippen LogP contribution in [0, 0.1) is 0 Å². The van der Waals surface area contributed by atoms with E-state index in [2.05, 4.69) is 46.6 Å². The average molecular weight is 445 g/mol. The van der Waals surface area contributed by atoms with Crippen molar-refractivity contribution in [1.29, 1.82) is 0 Å². The van der Waals surface area contributed by atoms with Crippen molar-refractivity contribution in [3.8, 4) is 11.5 Å². The minimum Gasteiger partial charge on any atom is -0.490 e. The zero-order chi connectivity index (χ0) is 23.0. The van der Waals surface area contributed by atoms with Crippen LogP contribution in [0.1, 0.15) is 46.5 Å². The summed E-state index contributed by atoms with van der Waals surface area (Å²) < 4.78 is 11.3. The van der Waals surface area contributed by atoms with Gasteiger partial charge < -0.3 is 14.8 Å². The molecule has 0 saturated carbocycles. The normalized spacial score (nSPS) is 13.3. The molecule has 0 spiro atoms.